The molecular formula is C15H16O4. The maximum atomic E-state index is 11.2. The van der Waals surface area contributed by atoms with Crippen LogP contribution in [0.5, 0.6) is 11.5 Å². The number of ether oxygens (including phenoxy) is 1. The lowest BCUT2D eigenvalue weighted by Gasteiger charge is -2.14. The molecule has 0 spiro atoms. The van der Waals surface area contributed by atoms with Gasteiger partial charge in [0.25, 0.3) is 0 Å². The molecule has 0 amide bonds. The molecule has 4 heteroatoms. The molecule has 0 aliphatic carbocycles. The van der Waals surface area contributed by atoms with Gasteiger partial charge in [-0.2, -0.15) is 0 Å². The van der Waals surface area contributed by atoms with Crippen LogP contribution in [0.1, 0.15) is 29.8 Å². The number of fused-ring (bicyclic) bond motifs is 1. The van der Waals surface area contributed by atoms with Crippen LogP contribution in [0.15, 0.2) is 24.3 Å². The van der Waals surface area contributed by atoms with E-state index in [1.54, 1.807) is 6.07 Å². The predicted octanol–water partition coefficient (Wildman–Crippen LogP) is 3.20. The lowest BCUT2D eigenvalue weighted by atomic mass is 9.98. The van der Waals surface area contributed by atoms with Gasteiger partial charge in [0.05, 0.1) is 6.61 Å². The van der Waals surface area contributed by atoms with E-state index < -0.39 is 5.97 Å². The molecule has 0 radical (unpaired) electrons. The molecule has 100 valence electrons. The average Bonchev–Trinajstić information content (AvgIpc) is 2.41. The summed E-state index contributed by atoms with van der Waals surface area (Å²) < 4.78 is 5.53. The maximum absolute atomic E-state index is 11.2. The zero-order valence-corrected chi connectivity index (χ0v) is 10.9. The summed E-state index contributed by atoms with van der Waals surface area (Å²) in [5.41, 5.74) is 0.886. The van der Waals surface area contributed by atoms with E-state index in [9.17, 15) is 9.90 Å². The monoisotopic (exact) mass is 260 g/mol. The largest absolute Gasteiger partial charge is 0.506 e. The summed E-state index contributed by atoms with van der Waals surface area (Å²) in [6, 6.07) is 6.86. The number of aromatic carboxylic acids is 1. The van der Waals surface area contributed by atoms with E-state index in [1.807, 2.05) is 26.0 Å². The van der Waals surface area contributed by atoms with Crippen LogP contribution in [0, 0.1) is 0 Å². The summed E-state index contributed by atoms with van der Waals surface area (Å²) in [5, 5.41) is 20.5. The molecule has 0 heterocycles. The topological polar surface area (TPSA) is 66.8 Å². The fourth-order valence-electron chi connectivity index (χ4n) is 2.23. The molecule has 0 aromatic heterocycles. The number of carboxylic acid groups (broad SMARTS) is 1. The zero-order chi connectivity index (χ0) is 14.0. The van der Waals surface area contributed by atoms with Crippen LogP contribution in [0.2, 0.25) is 0 Å². The van der Waals surface area contributed by atoms with Crippen LogP contribution in [0.25, 0.3) is 10.8 Å². The van der Waals surface area contributed by atoms with Crippen LogP contribution >= 0.6 is 0 Å². The van der Waals surface area contributed by atoms with Crippen LogP contribution < -0.4 is 4.74 Å². The number of carbonyl (C=O) groups is 1. The van der Waals surface area contributed by atoms with Crippen molar-refractivity contribution < 1.29 is 19.7 Å². The van der Waals surface area contributed by atoms with Crippen molar-refractivity contribution in [2.75, 3.05) is 6.61 Å². The minimum Gasteiger partial charge on any atom is -0.506 e. The van der Waals surface area contributed by atoms with E-state index in [0.29, 0.717) is 17.7 Å². The summed E-state index contributed by atoms with van der Waals surface area (Å²) in [4.78, 5) is 11.2. The van der Waals surface area contributed by atoms with E-state index >= 15 is 0 Å². The normalized spacial score (nSPS) is 10.6. The third kappa shape index (κ3) is 2.21. The third-order valence-electron chi connectivity index (χ3n) is 3.09. The van der Waals surface area contributed by atoms with E-state index in [2.05, 4.69) is 0 Å². The SMILES string of the molecule is CCOc1cc(C(=O)O)c(O)c2cccc(CC)c12. The minimum atomic E-state index is -1.16. The molecule has 2 aromatic carbocycles. The Morgan fingerprint density at radius 1 is 1.32 bits per heavy atom. The quantitative estimate of drug-likeness (QED) is 0.885. The van der Waals surface area contributed by atoms with E-state index in [-0.39, 0.29) is 11.3 Å². The highest BCUT2D eigenvalue weighted by Gasteiger charge is 2.18. The van der Waals surface area contributed by atoms with Gasteiger partial charge in [0, 0.05) is 10.8 Å². The van der Waals surface area contributed by atoms with Crippen molar-refractivity contribution in [1.82, 2.24) is 0 Å². The number of aromatic hydroxyl groups is 1. The van der Waals surface area contributed by atoms with Crippen molar-refractivity contribution in [3.05, 3.63) is 35.4 Å². The molecule has 0 unspecified atom stereocenters. The molecule has 4 nitrogen and oxygen atoms in total. The highest BCUT2D eigenvalue weighted by atomic mass is 16.5. The molecule has 0 bridgehead atoms. The Kier molecular flexibility index (Phi) is 3.60. The first-order valence-electron chi connectivity index (χ1n) is 6.23. The van der Waals surface area contributed by atoms with Gasteiger partial charge in [-0.05, 0) is 25.0 Å². The second-order valence-electron chi connectivity index (χ2n) is 4.20. The molecule has 2 rings (SSSR count). The molecule has 0 fully saturated rings. The van der Waals surface area contributed by atoms with Crippen molar-refractivity contribution in [2.24, 2.45) is 0 Å². The van der Waals surface area contributed by atoms with Gasteiger partial charge >= 0.3 is 5.97 Å². The number of carboxylic acids is 1. The second-order valence-corrected chi connectivity index (χ2v) is 4.20. The van der Waals surface area contributed by atoms with E-state index in [4.69, 9.17) is 9.84 Å². The van der Waals surface area contributed by atoms with Crippen molar-refractivity contribution in [1.29, 1.82) is 0 Å². The Morgan fingerprint density at radius 2 is 2.05 bits per heavy atom. The number of aryl methyl sites for hydroxylation is 1. The molecule has 0 aliphatic heterocycles. The smallest absolute Gasteiger partial charge is 0.339 e. The van der Waals surface area contributed by atoms with Crippen LogP contribution in [0.3, 0.4) is 0 Å². The van der Waals surface area contributed by atoms with Crippen LogP contribution in [-0.2, 0) is 6.42 Å². The molecule has 0 atom stereocenters. The first-order chi connectivity index (χ1) is 9.10. The van der Waals surface area contributed by atoms with Crippen LogP contribution in [0.4, 0.5) is 0 Å². The fraction of sp³-hybridized carbons (Fsp3) is 0.267. The fourth-order valence-corrected chi connectivity index (χ4v) is 2.23. The number of rotatable bonds is 4. The molecular weight excluding hydrogens is 244 g/mol. The Balaban J connectivity index is 2.87. The van der Waals surface area contributed by atoms with Gasteiger partial charge in [0.15, 0.2) is 0 Å². The van der Waals surface area contributed by atoms with Gasteiger partial charge in [-0.1, -0.05) is 25.1 Å². The zero-order valence-electron chi connectivity index (χ0n) is 10.9. The number of benzene rings is 2. The molecule has 0 saturated carbocycles. The van der Waals surface area contributed by atoms with E-state index in [0.717, 1.165) is 17.4 Å². The van der Waals surface area contributed by atoms with Crippen molar-refractivity contribution in [2.45, 2.75) is 20.3 Å². The summed E-state index contributed by atoms with van der Waals surface area (Å²) in [5.74, 6) is -0.867. The highest BCUT2D eigenvalue weighted by molar-refractivity contribution is 6.04. The minimum absolute atomic E-state index is 0.135. The second kappa shape index (κ2) is 5.18. The average molecular weight is 260 g/mol. The Bertz CT molecular complexity index is 632. The summed E-state index contributed by atoms with van der Waals surface area (Å²) in [7, 11) is 0. The Hall–Kier alpha value is -2.23. The first kappa shape index (κ1) is 13.2. The number of hydrogen-bond acceptors (Lipinski definition) is 3. The molecule has 2 aromatic rings. The third-order valence-corrected chi connectivity index (χ3v) is 3.09. The van der Waals surface area contributed by atoms with Crippen LogP contribution in [-0.4, -0.2) is 22.8 Å². The predicted molar refractivity (Wildman–Crippen MR) is 73.1 cm³/mol. The summed E-state index contributed by atoms with van der Waals surface area (Å²) >= 11 is 0. The van der Waals surface area contributed by atoms with Crippen molar-refractivity contribution in [3.8, 4) is 11.5 Å². The van der Waals surface area contributed by atoms with Crippen molar-refractivity contribution in [3.63, 3.8) is 0 Å². The Morgan fingerprint density at radius 3 is 2.63 bits per heavy atom. The molecule has 0 saturated heterocycles. The summed E-state index contributed by atoms with van der Waals surface area (Å²) in [6.45, 7) is 4.29. The molecule has 0 aliphatic rings. The van der Waals surface area contributed by atoms with Gasteiger partial charge < -0.3 is 14.9 Å². The van der Waals surface area contributed by atoms with Gasteiger partial charge in [-0.15, -0.1) is 0 Å². The van der Waals surface area contributed by atoms with Gasteiger partial charge in [0.1, 0.15) is 17.1 Å². The van der Waals surface area contributed by atoms with Gasteiger partial charge in [0.2, 0.25) is 0 Å². The standard InChI is InChI=1S/C15H16O4/c1-3-9-6-5-7-10-13(9)12(19-4-2)8-11(14(10)16)15(17)18/h5-8,16H,3-4H2,1-2H3,(H,17,18). The number of phenols is 1. The molecule has 2 N–H and O–H groups in total. The van der Waals surface area contributed by atoms with E-state index in [1.165, 1.54) is 6.07 Å². The number of hydrogen-bond donors (Lipinski definition) is 2. The highest BCUT2D eigenvalue weighted by Crippen LogP contribution is 2.38. The van der Waals surface area contributed by atoms with Gasteiger partial charge in [-0.3, -0.25) is 0 Å². The lowest BCUT2D eigenvalue weighted by Crippen LogP contribution is -2.01. The first-order valence-corrected chi connectivity index (χ1v) is 6.23. The maximum Gasteiger partial charge on any atom is 0.339 e. The summed E-state index contributed by atoms with van der Waals surface area (Å²) in [6.07, 6.45) is 0.781. The Labute approximate surface area is 111 Å². The molecule has 19 heavy (non-hydrogen) atoms. The lowest BCUT2D eigenvalue weighted by molar-refractivity contribution is 0.0693. The van der Waals surface area contributed by atoms with Crippen molar-refractivity contribution >= 4 is 16.7 Å². The van der Waals surface area contributed by atoms with Gasteiger partial charge in [-0.25, -0.2) is 4.79 Å².